The summed E-state index contributed by atoms with van der Waals surface area (Å²) in [5, 5.41) is 3.60. The van der Waals surface area contributed by atoms with Crippen molar-refractivity contribution in [1.29, 1.82) is 0 Å². The highest BCUT2D eigenvalue weighted by atomic mass is 16.5. The maximum atomic E-state index is 11.5. The highest BCUT2D eigenvalue weighted by molar-refractivity contribution is 5.69. The smallest absolute Gasteiger partial charge is 0.305 e. The summed E-state index contributed by atoms with van der Waals surface area (Å²) in [4.78, 5) is 11.5. The number of hydrogen-bond donors (Lipinski definition) is 1. The Labute approximate surface area is 192 Å². The first-order valence-electron chi connectivity index (χ1n) is 13.2. The Balaban J connectivity index is 1.98. The summed E-state index contributed by atoms with van der Waals surface area (Å²) in [5.74, 6) is -0.0876. The van der Waals surface area contributed by atoms with Crippen molar-refractivity contribution >= 4 is 11.7 Å². The van der Waals surface area contributed by atoms with Gasteiger partial charge in [0, 0.05) is 18.7 Å². The maximum Gasteiger partial charge on any atom is 0.305 e. The summed E-state index contributed by atoms with van der Waals surface area (Å²) in [6.07, 6.45) is 21.8. The summed E-state index contributed by atoms with van der Waals surface area (Å²) in [6.45, 7) is 5.64. The molecule has 1 rings (SSSR count). The van der Waals surface area contributed by atoms with E-state index in [1.807, 2.05) is 6.92 Å². The van der Waals surface area contributed by atoms with Crippen LogP contribution >= 0.6 is 0 Å². The number of nitrogens with one attached hydrogen (secondary N) is 1. The summed E-state index contributed by atoms with van der Waals surface area (Å²) in [5.41, 5.74) is 2.53. The fraction of sp³-hybridized carbons (Fsp3) is 0.750. The van der Waals surface area contributed by atoms with E-state index in [0.29, 0.717) is 13.0 Å². The molecule has 0 aliphatic rings. The van der Waals surface area contributed by atoms with E-state index in [4.69, 9.17) is 4.74 Å². The zero-order valence-corrected chi connectivity index (χ0v) is 20.6. The number of ether oxygens (including phenoxy) is 1. The fourth-order valence-corrected chi connectivity index (χ4v) is 4.11. The predicted octanol–water partition coefficient (Wildman–Crippen LogP) is 8.47. The molecule has 31 heavy (non-hydrogen) atoms. The molecule has 0 heterocycles. The Hall–Kier alpha value is -1.51. The molecule has 0 aliphatic heterocycles. The van der Waals surface area contributed by atoms with Crippen molar-refractivity contribution in [3.63, 3.8) is 0 Å². The number of aryl methyl sites for hydroxylation is 1. The molecule has 0 fully saturated rings. The van der Waals surface area contributed by atoms with Gasteiger partial charge in [0.1, 0.15) is 0 Å². The van der Waals surface area contributed by atoms with Crippen LogP contribution in [-0.4, -0.2) is 19.1 Å². The minimum Gasteiger partial charge on any atom is -0.466 e. The Kier molecular flexibility index (Phi) is 18.1. The normalized spacial score (nSPS) is 10.9. The summed E-state index contributed by atoms with van der Waals surface area (Å²) >= 11 is 0. The largest absolute Gasteiger partial charge is 0.466 e. The van der Waals surface area contributed by atoms with Gasteiger partial charge in [-0.05, 0) is 37.8 Å². The first kappa shape index (κ1) is 27.5. The number of hydrogen-bond acceptors (Lipinski definition) is 3. The maximum absolute atomic E-state index is 11.5. The number of anilines is 1. The van der Waals surface area contributed by atoms with Gasteiger partial charge in [0.05, 0.1) is 6.61 Å². The zero-order chi connectivity index (χ0) is 22.4. The number of para-hydroxylation sites is 1. The second kappa shape index (κ2) is 20.4. The van der Waals surface area contributed by atoms with E-state index >= 15 is 0 Å². The molecule has 1 N–H and O–H groups in total. The van der Waals surface area contributed by atoms with Gasteiger partial charge in [-0.2, -0.15) is 0 Å². The molecule has 0 saturated heterocycles. The Morgan fingerprint density at radius 3 is 1.87 bits per heavy atom. The minimum atomic E-state index is -0.0876. The van der Waals surface area contributed by atoms with Gasteiger partial charge in [-0.3, -0.25) is 4.79 Å². The standard InChI is InChI=1S/C28H49NO2/c1-3-5-6-7-8-9-10-11-12-13-14-15-16-19-25-29-27-23-18-17-21-26(27)22-20-24-28(30)31-4-2/h17-18,21,23,29H,3-16,19-20,22,24-25H2,1-2H3. The van der Waals surface area contributed by atoms with Gasteiger partial charge in [-0.25, -0.2) is 0 Å². The first-order valence-corrected chi connectivity index (χ1v) is 13.2. The average Bonchev–Trinajstić information content (AvgIpc) is 2.77. The highest BCUT2D eigenvalue weighted by Crippen LogP contribution is 2.18. The zero-order valence-electron chi connectivity index (χ0n) is 20.6. The van der Waals surface area contributed by atoms with Gasteiger partial charge >= 0.3 is 5.97 Å². The van der Waals surface area contributed by atoms with E-state index in [1.165, 1.54) is 101 Å². The van der Waals surface area contributed by atoms with Gasteiger partial charge < -0.3 is 10.1 Å². The van der Waals surface area contributed by atoms with Crippen LogP contribution in [0.3, 0.4) is 0 Å². The molecule has 0 bridgehead atoms. The second-order valence-corrected chi connectivity index (χ2v) is 8.84. The molecule has 0 spiro atoms. The van der Waals surface area contributed by atoms with Gasteiger partial charge in [0.25, 0.3) is 0 Å². The molecule has 0 atom stereocenters. The van der Waals surface area contributed by atoms with Crippen molar-refractivity contribution in [2.75, 3.05) is 18.5 Å². The molecule has 0 amide bonds. The van der Waals surface area contributed by atoms with Crippen molar-refractivity contribution in [1.82, 2.24) is 0 Å². The van der Waals surface area contributed by atoms with E-state index in [1.54, 1.807) is 0 Å². The molecule has 0 aliphatic carbocycles. The van der Waals surface area contributed by atoms with Gasteiger partial charge in [-0.1, -0.05) is 109 Å². The van der Waals surface area contributed by atoms with E-state index in [-0.39, 0.29) is 5.97 Å². The summed E-state index contributed by atoms with van der Waals surface area (Å²) in [6, 6.07) is 8.49. The number of benzene rings is 1. The molecule has 0 aromatic heterocycles. The SMILES string of the molecule is CCCCCCCCCCCCCCCCNc1ccccc1CCCC(=O)OCC. The molecule has 0 radical (unpaired) electrons. The molecule has 0 saturated carbocycles. The second-order valence-electron chi connectivity index (χ2n) is 8.84. The number of unbranched alkanes of at least 4 members (excludes halogenated alkanes) is 13. The van der Waals surface area contributed by atoms with Gasteiger partial charge in [0.15, 0.2) is 0 Å². The Morgan fingerprint density at radius 2 is 1.29 bits per heavy atom. The van der Waals surface area contributed by atoms with Crippen LogP contribution in [0.4, 0.5) is 5.69 Å². The lowest BCUT2D eigenvalue weighted by atomic mass is 10.0. The van der Waals surface area contributed by atoms with Crippen molar-refractivity contribution in [3.8, 4) is 0 Å². The number of rotatable bonds is 21. The van der Waals surface area contributed by atoms with E-state index < -0.39 is 0 Å². The van der Waals surface area contributed by atoms with Crippen molar-refractivity contribution in [3.05, 3.63) is 29.8 Å². The van der Waals surface area contributed by atoms with Crippen LogP contribution < -0.4 is 5.32 Å². The lowest BCUT2D eigenvalue weighted by Crippen LogP contribution is -2.06. The van der Waals surface area contributed by atoms with Crippen LogP contribution in [0, 0.1) is 0 Å². The molecule has 0 unspecified atom stereocenters. The van der Waals surface area contributed by atoms with Crippen LogP contribution in [0.1, 0.15) is 122 Å². The molecule has 3 nitrogen and oxygen atoms in total. The third-order valence-electron chi connectivity index (χ3n) is 6.00. The average molecular weight is 432 g/mol. The summed E-state index contributed by atoms with van der Waals surface area (Å²) < 4.78 is 5.02. The van der Waals surface area contributed by atoms with Crippen LogP contribution in [0.5, 0.6) is 0 Å². The topological polar surface area (TPSA) is 38.3 Å². The van der Waals surface area contributed by atoms with Gasteiger partial charge in [-0.15, -0.1) is 0 Å². The van der Waals surface area contributed by atoms with Crippen molar-refractivity contribution in [2.24, 2.45) is 0 Å². The Morgan fingerprint density at radius 1 is 0.742 bits per heavy atom. The van der Waals surface area contributed by atoms with Crippen LogP contribution in [0.2, 0.25) is 0 Å². The molecule has 1 aromatic rings. The molecule has 1 aromatic carbocycles. The van der Waals surface area contributed by atoms with Crippen LogP contribution in [0.15, 0.2) is 24.3 Å². The third kappa shape index (κ3) is 15.9. The van der Waals surface area contributed by atoms with Crippen molar-refractivity contribution < 1.29 is 9.53 Å². The van der Waals surface area contributed by atoms with Crippen LogP contribution in [0.25, 0.3) is 0 Å². The third-order valence-corrected chi connectivity index (χ3v) is 6.00. The predicted molar refractivity (Wildman–Crippen MR) is 135 cm³/mol. The molecular weight excluding hydrogens is 382 g/mol. The monoisotopic (exact) mass is 431 g/mol. The number of esters is 1. The van der Waals surface area contributed by atoms with Crippen molar-refractivity contribution in [2.45, 2.75) is 123 Å². The summed E-state index contributed by atoms with van der Waals surface area (Å²) in [7, 11) is 0. The molecule has 3 heteroatoms. The van der Waals surface area contributed by atoms with Gasteiger partial charge in [0.2, 0.25) is 0 Å². The molecule has 178 valence electrons. The minimum absolute atomic E-state index is 0.0876. The fourth-order valence-electron chi connectivity index (χ4n) is 4.11. The van der Waals surface area contributed by atoms with E-state index in [0.717, 1.165) is 19.4 Å². The first-order chi connectivity index (χ1) is 15.3. The Bertz CT molecular complexity index is 544. The van der Waals surface area contributed by atoms with E-state index in [9.17, 15) is 4.79 Å². The van der Waals surface area contributed by atoms with E-state index in [2.05, 4.69) is 36.5 Å². The number of carbonyl (C=O) groups is 1. The number of carbonyl (C=O) groups excluding carboxylic acids is 1. The van der Waals surface area contributed by atoms with Crippen LogP contribution in [-0.2, 0) is 16.0 Å². The molecular formula is C28H49NO2. The highest BCUT2D eigenvalue weighted by Gasteiger charge is 2.05. The lowest BCUT2D eigenvalue weighted by Gasteiger charge is -2.12. The quantitative estimate of drug-likeness (QED) is 0.157. The lowest BCUT2D eigenvalue weighted by molar-refractivity contribution is -0.143.